The van der Waals surface area contributed by atoms with Crippen molar-refractivity contribution in [3.63, 3.8) is 0 Å². The molecule has 1 aliphatic heterocycles. The van der Waals surface area contributed by atoms with Crippen LogP contribution in [0.1, 0.15) is 71.6 Å². The molecule has 130 valence electrons. The van der Waals surface area contributed by atoms with Gasteiger partial charge in [-0.25, -0.2) is 0 Å². The van der Waals surface area contributed by atoms with Gasteiger partial charge >= 0.3 is 0 Å². The monoisotopic (exact) mass is 310 g/mol. The van der Waals surface area contributed by atoms with Crippen molar-refractivity contribution >= 4 is 0 Å². The van der Waals surface area contributed by atoms with Crippen LogP contribution < -0.4 is 5.32 Å². The van der Waals surface area contributed by atoms with Gasteiger partial charge in [-0.1, -0.05) is 39.5 Å². The maximum Gasteiger partial charge on any atom is 0.0578 e. The third-order valence-electron chi connectivity index (χ3n) is 5.77. The molecule has 2 fully saturated rings. The van der Waals surface area contributed by atoms with Crippen LogP contribution in [0.15, 0.2) is 0 Å². The minimum absolute atomic E-state index is 0.122. The average Bonchev–Trinajstić information content (AvgIpc) is 2.58. The molecular weight excluding hydrogens is 272 g/mol. The van der Waals surface area contributed by atoms with Gasteiger partial charge in [0.1, 0.15) is 0 Å². The smallest absolute Gasteiger partial charge is 0.0578 e. The highest BCUT2D eigenvalue weighted by molar-refractivity contribution is 4.87. The molecule has 3 nitrogen and oxygen atoms in total. The Bertz CT molecular complexity index is 291. The van der Waals surface area contributed by atoms with Gasteiger partial charge in [-0.05, 0) is 57.0 Å². The Labute approximate surface area is 137 Å². The Morgan fingerprint density at radius 2 is 1.91 bits per heavy atom. The fourth-order valence-electron chi connectivity index (χ4n) is 4.28. The molecule has 3 atom stereocenters. The molecule has 0 aromatic heterocycles. The molecule has 2 aliphatic rings. The lowest BCUT2D eigenvalue weighted by molar-refractivity contribution is 0.0343. The maximum absolute atomic E-state index is 10.3. The van der Waals surface area contributed by atoms with E-state index < -0.39 is 0 Å². The summed E-state index contributed by atoms with van der Waals surface area (Å²) in [5, 5.41) is 14.2. The average molecular weight is 311 g/mol. The number of aliphatic hydroxyl groups is 1. The fourth-order valence-corrected chi connectivity index (χ4v) is 4.28. The van der Waals surface area contributed by atoms with Crippen molar-refractivity contribution in [2.24, 2.45) is 11.8 Å². The number of unbranched alkanes of at least 4 members (excludes halogenated alkanes) is 1. The molecule has 3 unspecified atom stereocenters. The third-order valence-corrected chi connectivity index (χ3v) is 5.77. The molecule has 22 heavy (non-hydrogen) atoms. The summed E-state index contributed by atoms with van der Waals surface area (Å²) in [7, 11) is 0. The minimum atomic E-state index is -0.122. The Kier molecular flexibility index (Phi) is 8.19. The molecule has 1 saturated heterocycles. The summed E-state index contributed by atoms with van der Waals surface area (Å²) in [5.74, 6) is 1.36. The second kappa shape index (κ2) is 9.89. The Morgan fingerprint density at radius 1 is 1.14 bits per heavy atom. The number of nitrogens with zero attached hydrogens (tertiary/aromatic N) is 1. The zero-order valence-corrected chi connectivity index (χ0v) is 14.9. The highest BCUT2D eigenvalue weighted by atomic mass is 16.3. The van der Waals surface area contributed by atoms with Crippen molar-refractivity contribution in [2.75, 3.05) is 26.2 Å². The first-order valence-corrected chi connectivity index (χ1v) is 9.86. The summed E-state index contributed by atoms with van der Waals surface area (Å²) in [5.41, 5.74) is 0. The molecule has 1 aliphatic carbocycles. The molecule has 0 radical (unpaired) electrons. The molecule has 0 amide bonds. The lowest BCUT2D eigenvalue weighted by atomic mass is 9.86. The first kappa shape index (κ1) is 18.2. The molecule has 0 aromatic rings. The van der Waals surface area contributed by atoms with Gasteiger partial charge < -0.3 is 15.3 Å². The second-order valence-corrected chi connectivity index (χ2v) is 7.69. The minimum Gasteiger partial charge on any atom is -0.393 e. The zero-order valence-electron chi connectivity index (χ0n) is 14.9. The first-order valence-electron chi connectivity index (χ1n) is 9.86. The Balaban J connectivity index is 1.81. The van der Waals surface area contributed by atoms with Crippen molar-refractivity contribution in [3.05, 3.63) is 0 Å². The van der Waals surface area contributed by atoms with E-state index in [0.29, 0.717) is 12.0 Å². The lowest BCUT2D eigenvalue weighted by Crippen LogP contribution is -2.52. The van der Waals surface area contributed by atoms with Gasteiger partial charge in [0.25, 0.3) is 0 Å². The van der Waals surface area contributed by atoms with Crippen LogP contribution in [-0.4, -0.2) is 48.3 Å². The van der Waals surface area contributed by atoms with E-state index in [1.165, 1.54) is 64.6 Å². The molecular formula is C19H38N2O. The van der Waals surface area contributed by atoms with Crippen LogP contribution >= 0.6 is 0 Å². The predicted octanol–water partition coefficient (Wildman–Crippen LogP) is 3.42. The van der Waals surface area contributed by atoms with Crippen molar-refractivity contribution in [1.82, 2.24) is 10.2 Å². The van der Waals surface area contributed by atoms with Crippen LogP contribution in [0, 0.1) is 11.8 Å². The normalized spacial score (nSPS) is 29.6. The number of hydrogen-bond acceptors (Lipinski definition) is 3. The Morgan fingerprint density at radius 3 is 2.59 bits per heavy atom. The van der Waals surface area contributed by atoms with Crippen molar-refractivity contribution in [1.29, 1.82) is 0 Å². The van der Waals surface area contributed by atoms with Crippen molar-refractivity contribution in [2.45, 2.75) is 83.8 Å². The highest BCUT2D eigenvalue weighted by Gasteiger charge is 2.30. The van der Waals surface area contributed by atoms with Crippen molar-refractivity contribution < 1.29 is 5.11 Å². The maximum atomic E-state index is 10.3. The van der Waals surface area contributed by atoms with Crippen LogP contribution in [0.25, 0.3) is 0 Å². The van der Waals surface area contributed by atoms with Crippen LogP contribution in [0.5, 0.6) is 0 Å². The van der Waals surface area contributed by atoms with Crippen LogP contribution in [0.2, 0.25) is 0 Å². The molecule has 2 rings (SSSR count). The van der Waals surface area contributed by atoms with Crippen LogP contribution in [0.3, 0.4) is 0 Å². The highest BCUT2D eigenvalue weighted by Crippen LogP contribution is 2.25. The molecule has 0 aromatic carbocycles. The summed E-state index contributed by atoms with van der Waals surface area (Å²) in [6.07, 6.45) is 11.6. The summed E-state index contributed by atoms with van der Waals surface area (Å²) >= 11 is 0. The van der Waals surface area contributed by atoms with Gasteiger partial charge in [0.15, 0.2) is 0 Å². The van der Waals surface area contributed by atoms with Gasteiger partial charge in [0, 0.05) is 19.1 Å². The summed E-state index contributed by atoms with van der Waals surface area (Å²) in [6.45, 7) is 9.05. The number of nitrogens with one attached hydrogen (secondary N) is 1. The van der Waals surface area contributed by atoms with Crippen LogP contribution in [-0.2, 0) is 0 Å². The second-order valence-electron chi connectivity index (χ2n) is 7.69. The first-order chi connectivity index (χ1) is 10.7. The topological polar surface area (TPSA) is 35.5 Å². The van der Waals surface area contributed by atoms with Crippen LogP contribution in [0.4, 0.5) is 0 Å². The van der Waals surface area contributed by atoms with E-state index in [1.54, 1.807) is 0 Å². The quantitative estimate of drug-likeness (QED) is 0.721. The van der Waals surface area contributed by atoms with Crippen molar-refractivity contribution in [3.8, 4) is 0 Å². The molecule has 3 heteroatoms. The number of aliphatic hydroxyl groups excluding tert-OH is 1. The molecule has 0 spiro atoms. The van der Waals surface area contributed by atoms with E-state index in [-0.39, 0.29) is 6.10 Å². The van der Waals surface area contributed by atoms with Gasteiger partial charge in [-0.2, -0.15) is 0 Å². The molecule has 1 saturated carbocycles. The number of rotatable bonds is 8. The standard InChI is InChI=1S/C19H38N2O/c1-3-5-11-21-14-17(19(22)4-2)12-18(15-21)20-13-16-9-7-6-8-10-16/h16-20,22H,3-15H2,1-2H3. The summed E-state index contributed by atoms with van der Waals surface area (Å²) < 4.78 is 0. The molecule has 2 N–H and O–H groups in total. The Hall–Kier alpha value is -0.120. The van der Waals surface area contributed by atoms with Gasteiger partial charge in [0.05, 0.1) is 6.10 Å². The molecule has 0 bridgehead atoms. The van der Waals surface area contributed by atoms with E-state index in [9.17, 15) is 5.11 Å². The number of hydrogen-bond donors (Lipinski definition) is 2. The largest absolute Gasteiger partial charge is 0.393 e. The summed E-state index contributed by atoms with van der Waals surface area (Å²) in [6, 6.07) is 0.582. The van der Waals surface area contributed by atoms with E-state index in [2.05, 4.69) is 24.1 Å². The van der Waals surface area contributed by atoms with E-state index in [4.69, 9.17) is 0 Å². The summed E-state index contributed by atoms with van der Waals surface area (Å²) in [4.78, 5) is 2.59. The fraction of sp³-hybridized carbons (Fsp3) is 1.00. The lowest BCUT2D eigenvalue weighted by Gasteiger charge is -2.40. The number of likely N-dealkylation sites (tertiary alicyclic amines) is 1. The SMILES string of the molecule is CCCCN1CC(NCC2CCCCC2)CC(C(O)CC)C1. The van der Waals surface area contributed by atoms with E-state index in [0.717, 1.165) is 25.3 Å². The van der Waals surface area contributed by atoms with Gasteiger partial charge in [-0.3, -0.25) is 0 Å². The van der Waals surface area contributed by atoms with Gasteiger partial charge in [-0.15, -0.1) is 0 Å². The predicted molar refractivity (Wildman–Crippen MR) is 94.1 cm³/mol. The number of piperidine rings is 1. The third kappa shape index (κ3) is 5.82. The van der Waals surface area contributed by atoms with E-state index in [1.807, 2.05) is 0 Å². The molecule has 1 heterocycles. The van der Waals surface area contributed by atoms with Gasteiger partial charge in [0.2, 0.25) is 0 Å². The van der Waals surface area contributed by atoms with E-state index >= 15 is 0 Å². The zero-order chi connectivity index (χ0) is 15.8.